The smallest absolute Gasteiger partial charge is 0.262 e. The van der Waals surface area contributed by atoms with Crippen LogP contribution in [-0.4, -0.2) is 31.3 Å². The lowest BCUT2D eigenvalue weighted by molar-refractivity contribution is 0.422. The van der Waals surface area contributed by atoms with Gasteiger partial charge in [-0.2, -0.15) is 21.1 Å². The van der Waals surface area contributed by atoms with Crippen LogP contribution in [0.2, 0.25) is 0 Å². The second-order valence-electron chi connectivity index (χ2n) is 4.33. The van der Waals surface area contributed by atoms with Gasteiger partial charge in [0.05, 0.1) is 16.5 Å². The number of anilines is 1. The predicted molar refractivity (Wildman–Crippen MR) is 81.7 cm³/mol. The van der Waals surface area contributed by atoms with Crippen molar-refractivity contribution in [3.63, 3.8) is 0 Å². The first-order valence-electron chi connectivity index (χ1n) is 5.95. The van der Waals surface area contributed by atoms with E-state index in [1.807, 2.05) is 30.4 Å². The average Bonchev–Trinajstić information content (AvgIpc) is 2.97. The van der Waals surface area contributed by atoms with Crippen LogP contribution in [-0.2, 0) is 0 Å². The molecule has 1 aliphatic heterocycles. The fourth-order valence-electron chi connectivity index (χ4n) is 2.02. The number of nitrogen functional groups attached to an aromatic ring is 1. The monoisotopic (exact) mass is 314 g/mol. The zero-order chi connectivity index (χ0) is 13.4. The molecule has 2 N–H and O–H groups in total. The van der Waals surface area contributed by atoms with Crippen molar-refractivity contribution in [2.45, 2.75) is 24.3 Å². The molecule has 1 saturated heterocycles. The third kappa shape index (κ3) is 2.48. The fourth-order valence-corrected chi connectivity index (χ4v) is 5.35. The Kier molecular flexibility index (Phi) is 3.72. The number of aryl methyl sites for hydroxylation is 1. The summed E-state index contributed by atoms with van der Waals surface area (Å²) < 4.78 is 9.58. The van der Waals surface area contributed by atoms with Gasteiger partial charge >= 0.3 is 0 Å². The van der Waals surface area contributed by atoms with Crippen molar-refractivity contribution < 1.29 is 4.52 Å². The summed E-state index contributed by atoms with van der Waals surface area (Å²) in [6.07, 6.45) is 0. The van der Waals surface area contributed by atoms with Crippen molar-refractivity contribution in [2.24, 2.45) is 0 Å². The third-order valence-corrected chi connectivity index (χ3v) is 6.84. The Morgan fingerprint density at radius 3 is 2.79 bits per heavy atom. The molecule has 102 valence electrons. The average molecular weight is 314 g/mol. The minimum Gasteiger partial charge on any atom is -0.389 e. The topological polar surface area (TPSA) is 77.8 Å². The molecule has 0 aromatic carbocycles. The molecule has 2 aromatic rings. The molecule has 2 atom stereocenters. The number of nitrogens with zero attached hydrogens (tertiary/aromatic N) is 3. The van der Waals surface area contributed by atoms with Crippen LogP contribution in [0.5, 0.6) is 0 Å². The third-order valence-electron chi connectivity index (χ3n) is 2.99. The maximum Gasteiger partial charge on any atom is 0.262 e. The normalized spacial score (nSPS) is 23.7. The number of rotatable bonds is 2. The molecule has 0 saturated carbocycles. The summed E-state index contributed by atoms with van der Waals surface area (Å²) in [5.41, 5.74) is 7.53. The largest absolute Gasteiger partial charge is 0.389 e. The Bertz CT molecular complexity index is 563. The molecule has 2 unspecified atom stereocenters. The second kappa shape index (κ2) is 5.34. The van der Waals surface area contributed by atoms with E-state index in [-0.39, 0.29) is 0 Å². The number of hydrogen-bond donors (Lipinski definition) is 1. The van der Waals surface area contributed by atoms with Crippen LogP contribution in [0.15, 0.2) is 4.52 Å². The Labute approximate surface area is 123 Å². The van der Waals surface area contributed by atoms with E-state index in [2.05, 4.69) is 21.4 Å². The summed E-state index contributed by atoms with van der Waals surface area (Å²) in [5.74, 6) is 3.57. The van der Waals surface area contributed by atoms with Crippen molar-refractivity contribution in [1.29, 1.82) is 0 Å². The molecule has 1 aliphatic rings. The molecule has 19 heavy (non-hydrogen) atoms. The van der Waals surface area contributed by atoms with Crippen molar-refractivity contribution in [3.8, 4) is 11.5 Å². The highest BCUT2D eigenvalue weighted by molar-refractivity contribution is 8.06. The second-order valence-corrected chi connectivity index (χ2v) is 7.87. The van der Waals surface area contributed by atoms with Crippen LogP contribution in [0.1, 0.15) is 23.7 Å². The van der Waals surface area contributed by atoms with Gasteiger partial charge in [0.1, 0.15) is 5.00 Å². The number of thioether (sulfide) groups is 2. The van der Waals surface area contributed by atoms with E-state index in [9.17, 15) is 0 Å². The highest BCUT2D eigenvalue weighted by Gasteiger charge is 2.29. The SMILES string of the molecule is Cc1nsc(N)c1-c1nc(C2SCCSC2C)no1. The van der Waals surface area contributed by atoms with Gasteiger partial charge in [-0.15, -0.1) is 11.8 Å². The molecule has 0 aliphatic carbocycles. The predicted octanol–water partition coefficient (Wildman–Crippen LogP) is 2.99. The Morgan fingerprint density at radius 2 is 2.11 bits per heavy atom. The molecular formula is C11H14N4OS3. The van der Waals surface area contributed by atoms with E-state index in [1.165, 1.54) is 17.3 Å². The van der Waals surface area contributed by atoms with Gasteiger partial charge in [-0.1, -0.05) is 12.1 Å². The zero-order valence-electron chi connectivity index (χ0n) is 10.6. The van der Waals surface area contributed by atoms with E-state index in [1.54, 1.807) is 0 Å². The van der Waals surface area contributed by atoms with Crippen LogP contribution in [0.25, 0.3) is 11.5 Å². The van der Waals surface area contributed by atoms with Crippen LogP contribution in [0, 0.1) is 6.92 Å². The van der Waals surface area contributed by atoms with Crippen LogP contribution < -0.4 is 5.73 Å². The molecule has 3 heterocycles. The van der Waals surface area contributed by atoms with E-state index in [4.69, 9.17) is 10.3 Å². The van der Waals surface area contributed by atoms with Crippen molar-refractivity contribution in [3.05, 3.63) is 11.5 Å². The number of nitrogens with two attached hydrogens (primary N) is 1. The molecule has 2 aromatic heterocycles. The van der Waals surface area contributed by atoms with Crippen molar-refractivity contribution in [2.75, 3.05) is 17.2 Å². The molecule has 0 bridgehead atoms. The van der Waals surface area contributed by atoms with Gasteiger partial charge in [-0.05, 0) is 18.5 Å². The van der Waals surface area contributed by atoms with Crippen molar-refractivity contribution in [1.82, 2.24) is 14.5 Å². The first-order chi connectivity index (χ1) is 9.16. The number of hydrogen-bond acceptors (Lipinski definition) is 8. The van der Waals surface area contributed by atoms with Gasteiger partial charge in [-0.3, -0.25) is 0 Å². The van der Waals surface area contributed by atoms with Gasteiger partial charge in [-0.25, -0.2) is 0 Å². The summed E-state index contributed by atoms with van der Waals surface area (Å²) in [6.45, 7) is 4.11. The van der Waals surface area contributed by atoms with E-state index in [0.717, 1.165) is 22.8 Å². The lowest BCUT2D eigenvalue weighted by atomic mass is 10.2. The lowest BCUT2D eigenvalue weighted by Gasteiger charge is -2.24. The summed E-state index contributed by atoms with van der Waals surface area (Å²) in [7, 11) is 0. The summed E-state index contributed by atoms with van der Waals surface area (Å²) >= 11 is 5.11. The van der Waals surface area contributed by atoms with Gasteiger partial charge in [0.2, 0.25) is 0 Å². The molecule has 0 amide bonds. The summed E-state index contributed by atoms with van der Waals surface area (Å²) in [4.78, 5) is 4.52. The quantitative estimate of drug-likeness (QED) is 0.913. The Balaban J connectivity index is 1.91. The molecule has 3 rings (SSSR count). The molecule has 0 radical (unpaired) electrons. The molecule has 5 nitrogen and oxygen atoms in total. The van der Waals surface area contributed by atoms with Gasteiger partial charge in [0.25, 0.3) is 5.89 Å². The highest BCUT2D eigenvalue weighted by atomic mass is 32.2. The fraction of sp³-hybridized carbons (Fsp3) is 0.545. The Hall–Kier alpha value is -0.730. The zero-order valence-corrected chi connectivity index (χ0v) is 13.1. The Morgan fingerprint density at radius 1 is 1.32 bits per heavy atom. The maximum absolute atomic E-state index is 5.91. The molecule has 8 heteroatoms. The van der Waals surface area contributed by atoms with Gasteiger partial charge in [0.15, 0.2) is 5.82 Å². The highest BCUT2D eigenvalue weighted by Crippen LogP contribution is 2.42. The molecule has 1 fully saturated rings. The number of aromatic nitrogens is 3. The van der Waals surface area contributed by atoms with Crippen LogP contribution in [0.3, 0.4) is 0 Å². The van der Waals surface area contributed by atoms with Crippen LogP contribution in [0.4, 0.5) is 5.00 Å². The first-order valence-corrected chi connectivity index (χ1v) is 8.83. The van der Waals surface area contributed by atoms with E-state index in [0.29, 0.717) is 21.4 Å². The first kappa shape index (κ1) is 13.3. The minimum atomic E-state index is 0.296. The van der Waals surface area contributed by atoms with Gasteiger partial charge < -0.3 is 10.3 Å². The van der Waals surface area contributed by atoms with Gasteiger partial charge in [0, 0.05) is 16.8 Å². The summed E-state index contributed by atoms with van der Waals surface area (Å²) in [5, 5.41) is 5.56. The molecular weight excluding hydrogens is 300 g/mol. The summed E-state index contributed by atoms with van der Waals surface area (Å²) in [6, 6.07) is 0. The lowest BCUT2D eigenvalue weighted by Crippen LogP contribution is -2.16. The van der Waals surface area contributed by atoms with E-state index < -0.39 is 0 Å². The standard InChI is InChI=1S/C11H14N4OS3/c1-5-7(9(12)19-15-5)11-13-10(14-16-11)8-6(2)17-3-4-18-8/h6,8H,3-4,12H2,1-2H3. The maximum atomic E-state index is 5.91. The van der Waals surface area contributed by atoms with Crippen LogP contribution >= 0.6 is 35.1 Å². The van der Waals surface area contributed by atoms with Crippen molar-refractivity contribution >= 4 is 40.1 Å². The molecule has 0 spiro atoms. The van der Waals surface area contributed by atoms with E-state index >= 15 is 0 Å². The minimum absolute atomic E-state index is 0.296.